The van der Waals surface area contributed by atoms with Crippen molar-refractivity contribution in [2.75, 3.05) is 24.7 Å². The third-order valence-electron chi connectivity index (χ3n) is 3.27. The van der Waals surface area contributed by atoms with Crippen molar-refractivity contribution in [3.05, 3.63) is 23.4 Å². The van der Waals surface area contributed by atoms with Crippen molar-refractivity contribution in [3.8, 4) is 0 Å². The van der Waals surface area contributed by atoms with Crippen molar-refractivity contribution in [2.24, 2.45) is 10.9 Å². The largest absolute Gasteiger partial charge is 0.409 e. The summed E-state index contributed by atoms with van der Waals surface area (Å²) < 4.78 is 5.51. The molecule has 1 fully saturated rings. The number of aryl methyl sites for hydroxylation is 1. The first-order valence-corrected chi connectivity index (χ1v) is 6.26. The van der Waals surface area contributed by atoms with Gasteiger partial charge in [-0.15, -0.1) is 0 Å². The molecule has 6 nitrogen and oxygen atoms in total. The summed E-state index contributed by atoms with van der Waals surface area (Å²) in [4.78, 5) is 6.74. The molecule has 1 aliphatic rings. The monoisotopic (exact) mass is 264 g/mol. The molecule has 1 aromatic rings. The van der Waals surface area contributed by atoms with Gasteiger partial charge in [0.1, 0.15) is 5.82 Å². The zero-order chi connectivity index (χ0) is 14.0. The Kier molecular flexibility index (Phi) is 3.61. The minimum atomic E-state index is -0.124. The summed E-state index contributed by atoms with van der Waals surface area (Å²) in [7, 11) is 0. The lowest BCUT2D eigenvalue weighted by Crippen LogP contribution is -2.53. The summed E-state index contributed by atoms with van der Waals surface area (Å²) in [5.74, 6) is 0.924. The van der Waals surface area contributed by atoms with Gasteiger partial charge in [-0.3, -0.25) is 0 Å². The molecule has 0 radical (unpaired) electrons. The number of rotatable bonds is 2. The van der Waals surface area contributed by atoms with Crippen molar-refractivity contribution in [1.29, 1.82) is 0 Å². The summed E-state index contributed by atoms with van der Waals surface area (Å²) in [5, 5.41) is 11.8. The number of aromatic nitrogens is 1. The van der Waals surface area contributed by atoms with Crippen LogP contribution in [0.25, 0.3) is 0 Å². The smallest absolute Gasteiger partial charge is 0.170 e. The van der Waals surface area contributed by atoms with Crippen molar-refractivity contribution in [2.45, 2.75) is 26.3 Å². The number of morpholine rings is 1. The summed E-state index contributed by atoms with van der Waals surface area (Å²) >= 11 is 0. The van der Waals surface area contributed by atoms with Gasteiger partial charge in [-0.1, -0.05) is 5.16 Å². The molecule has 0 spiro atoms. The Hall–Kier alpha value is -1.82. The predicted molar refractivity (Wildman–Crippen MR) is 73.7 cm³/mol. The van der Waals surface area contributed by atoms with Crippen LogP contribution in [0, 0.1) is 6.92 Å². The first-order chi connectivity index (χ1) is 8.94. The van der Waals surface area contributed by atoms with Crippen LogP contribution in [0.1, 0.15) is 25.1 Å². The molecule has 0 saturated carbocycles. The van der Waals surface area contributed by atoms with Gasteiger partial charge in [0.25, 0.3) is 0 Å². The zero-order valence-electron chi connectivity index (χ0n) is 11.6. The Balaban J connectivity index is 2.41. The molecular weight excluding hydrogens is 244 g/mol. The maximum atomic E-state index is 8.79. The Bertz CT molecular complexity index is 499. The average molecular weight is 264 g/mol. The van der Waals surface area contributed by atoms with Crippen molar-refractivity contribution in [3.63, 3.8) is 0 Å². The van der Waals surface area contributed by atoms with Crippen LogP contribution in [0.2, 0.25) is 0 Å². The Morgan fingerprint density at radius 3 is 2.89 bits per heavy atom. The number of ether oxygens (including phenoxy) is 1. The van der Waals surface area contributed by atoms with Gasteiger partial charge in [0, 0.05) is 17.8 Å². The van der Waals surface area contributed by atoms with Crippen molar-refractivity contribution >= 4 is 11.7 Å². The van der Waals surface area contributed by atoms with Gasteiger partial charge >= 0.3 is 0 Å². The van der Waals surface area contributed by atoms with E-state index < -0.39 is 0 Å². The third-order valence-corrected chi connectivity index (χ3v) is 3.27. The van der Waals surface area contributed by atoms with E-state index >= 15 is 0 Å². The highest BCUT2D eigenvalue weighted by Crippen LogP contribution is 2.26. The highest BCUT2D eigenvalue weighted by atomic mass is 16.5. The number of oxime groups is 1. The quantitative estimate of drug-likeness (QED) is 0.362. The SMILES string of the molecule is Cc1cc(/C(N)=N/O)cc(N2CCOCC2(C)C)n1. The molecule has 1 aromatic heterocycles. The first-order valence-electron chi connectivity index (χ1n) is 6.26. The fourth-order valence-corrected chi connectivity index (χ4v) is 2.28. The molecule has 0 bridgehead atoms. The number of anilines is 1. The third kappa shape index (κ3) is 2.78. The zero-order valence-corrected chi connectivity index (χ0v) is 11.6. The lowest BCUT2D eigenvalue weighted by atomic mass is 10.0. The van der Waals surface area contributed by atoms with E-state index in [1.165, 1.54) is 0 Å². The van der Waals surface area contributed by atoms with E-state index in [0.717, 1.165) is 18.1 Å². The number of pyridine rings is 1. The molecule has 0 atom stereocenters. The van der Waals surface area contributed by atoms with E-state index in [1.54, 1.807) is 6.07 Å². The van der Waals surface area contributed by atoms with E-state index in [1.807, 2.05) is 13.0 Å². The van der Waals surface area contributed by atoms with Gasteiger partial charge in [-0.2, -0.15) is 0 Å². The number of nitrogens with zero attached hydrogens (tertiary/aromatic N) is 3. The molecule has 2 heterocycles. The van der Waals surface area contributed by atoms with Crippen LogP contribution in [0.15, 0.2) is 17.3 Å². The molecule has 2 rings (SSSR count). The van der Waals surface area contributed by atoms with Crippen LogP contribution >= 0.6 is 0 Å². The van der Waals surface area contributed by atoms with Gasteiger partial charge in [0.05, 0.1) is 18.8 Å². The molecule has 0 aromatic carbocycles. The second kappa shape index (κ2) is 5.05. The normalized spacial score (nSPS) is 19.5. The first kappa shape index (κ1) is 13.6. The minimum absolute atomic E-state index is 0.0952. The topological polar surface area (TPSA) is 84.0 Å². The van der Waals surface area contributed by atoms with E-state index in [0.29, 0.717) is 18.8 Å². The fourth-order valence-electron chi connectivity index (χ4n) is 2.28. The van der Waals surface area contributed by atoms with E-state index in [-0.39, 0.29) is 11.4 Å². The Morgan fingerprint density at radius 1 is 1.53 bits per heavy atom. The van der Waals surface area contributed by atoms with E-state index in [2.05, 4.69) is 28.9 Å². The lowest BCUT2D eigenvalue weighted by molar-refractivity contribution is 0.0639. The summed E-state index contributed by atoms with van der Waals surface area (Å²) in [6.45, 7) is 8.22. The van der Waals surface area contributed by atoms with E-state index in [9.17, 15) is 0 Å². The number of hydrogen-bond acceptors (Lipinski definition) is 5. The number of hydrogen-bond donors (Lipinski definition) is 2. The molecule has 6 heteroatoms. The van der Waals surface area contributed by atoms with Crippen LogP contribution in [0.4, 0.5) is 5.82 Å². The molecule has 0 aliphatic carbocycles. The van der Waals surface area contributed by atoms with Crippen LogP contribution in [0.3, 0.4) is 0 Å². The van der Waals surface area contributed by atoms with Crippen molar-refractivity contribution in [1.82, 2.24) is 4.98 Å². The molecule has 0 amide bonds. The predicted octanol–water partition coefficient (Wildman–Crippen LogP) is 1.10. The van der Waals surface area contributed by atoms with Gasteiger partial charge in [0.2, 0.25) is 0 Å². The van der Waals surface area contributed by atoms with E-state index in [4.69, 9.17) is 15.7 Å². The molecule has 1 saturated heterocycles. The molecule has 1 aliphatic heterocycles. The molecule has 104 valence electrons. The van der Waals surface area contributed by atoms with Gasteiger partial charge in [0.15, 0.2) is 5.84 Å². The minimum Gasteiger partial charge on any atom is -0.409 e. The van der Waals surface area contributed by atoms with Crippen molar-refractivity contribution < 1.29 is 9.94 Å². The summed E-state index contributed by atoms with van der Waals surface area (Å²) in [5.41, 5.74) is 7.04. The number of nitrogens with two attached hydrogens (primary N) is 1. The summed E-state index contributed by atoms with van der Waals surface area (Å²) in [6, 6.07) is 3.64. The van der Waals surface area contributed by atoms with Gasteiger partial charge in [-0.05, 0) is 32.9 Å². The number of amidine groups is 1. The Morgan fingerprint density at radius 2 is 2.26 bits per heavy atom. The molecular formula is C13H20N4O2. The van der Waals surface area contributed by atoms with Crippen LogP contribution in [-0.4, -0.2) is 41.3 Å². The average Bonchev–Trinajstić information content (AvgIpc) is 2.36. The highest BCUT2D eigenvalue weighted by Gasteiger charge is 2.31. The standard InChI is InChI=1S/C13H20N4O2/c1-9-6-10(12(14)16-18)7-11(15-9)17-4-5-19-8-13(17,2)3/h6-7,18H,4-5,8H2,1-3H3,(H2,14,16). The lowest BCUT2D eigenvalue weighted by Gasteiger charge is -2.43. The van der Waals surface area contributed by atoms with Crippen LogP contribution in [0.5, 0.6) is 0 Å². The highest BCUT2D eigenvalue weighted by molar-refractivity contribution is 5.97. The maximum absolute atomic E-state index is 8.79. The van der Waals surface area contributed by atoms with Gasteiger partial charge in [-0.25, -0.2) is 4.98 Å². The summed E-state index contributed by atoms with van der Waals surface area (Å²) in [6.07, 6.45) is 0. The Labute approximate surface area is 112 Å². The van der Waals surface area contributed by atoms with Gasteiger partial charge < -0.3 is 20.6 Å². The molecule has 3 N–H and O–H groups in total. The van der Waals surface area contributed by atoms with Crippen LogP contribution in [-0.2, 0) is 4.74 Å². The van der Waals surface area contributed by atoms with Crippen LogP contribution < -0.4 is 10.6 Å². The maximum Gasteiger partial charge on any atom is 0.170 e. The molecule has 19 heavy (non-hydrogen) atoms. The fraction of sp³-hybridized carbons (Fsp3) is 0.538. The molecule has 0 unspecified atom stereocenters. The second-order valence-corrected chi connectivity index (χ2v) is 5.36. The second-order valence-electron chi connectivity index (χ2n) is 5.36.